The molecule has 0 aliphatic heterocycles. The van der Waals surface area contributed by atoms with E-state index in [-0.39, 0.29) is 15.7 Å². The van der Waals surface area contributed by atoms with Gasteiger partial charge in [-0.15, -0.1) is 0 Å². The van der Waals surface area contributed by atoms with Crippen molar-refractivity contribution in [1.82, 2.24) is 0 Å². The van der Waals surface area contributed by atoms with E-state index in [1.165, 1.54) is 7.11 Å². The number of ether oxygens (including phenoxy) is 1. The monoisotopic (exact) mass is 389 g/mol. The van der Waals surface area contributed by atoms with Gasteiger partial charge in [0.15, 0.2) is 0 Å². The van der Waals surface area contributed by atoms with Gasteiger partial charge in [0.1, 0.15) is 10.6 Å². The zero-order valence-electron chi connectivity index (χ0n) is 17.4. The normalized spacial score (nSPS) is 12.7. The lowest BCUT2D eigenvalue weighted by molar-refractivity contribution is 0.283. The van der Waals surface area contributed by atoms with Crippen LogP contribution in [0.1, 0.15) is 52.2 Å². The fraction of sp³-hybridized carbons (Fsp3) is 0.455. The molecule has 0 atom stereocenters. The van der Waals surface area contributed by atoms with Crippen molar-refractivity contribution in [3.05, 3.63) is 53.6 Å². The summed E-state index contributed by atoms with van der Waals surface area (Å²) < 4.78 is 34.1. The Labute approximate surface area is 164 Å². The third kappa shape index (κ3) is 5.48. The molecule has 0 amide bonds. The number of aryl methyl sites for hydroxylation is 1. The maximum atomic E-state index is 13.0. The van der Waals surface area contributed by atoms with Crippen molar-refractivity contribution in [2.45, 2.75) is 58.3 Å². The highest BCUT2D eigenvalue weighted by molar-refractivity contribution is 7.92. The molecule has 2 aromatic carbocycles. The first-order chi connectivity index (χ1) is 12.3. The van der Waals surface area contributed by atoms with E-state index in [1.54, 1.807) is 24.3 Å². The van der Waals surface area contributed by atoms with E-state index in [1.807, 2.05) is 25.1 Å². The van der Waals surface area contributed by atoms with E-state index in [9.17, 15) is 8.42 Å². The van der Waals surface area contributed by atoms with E-state index < -0.39 is 10.0 Å². The second-order valence-corrected chi connectivity index (χ2v) is 10.6. The van der Waals surface area contributed by atoms with Gasteiger partial charge in [-0.3, -0.25) is 4.72 Å². The molecule has 4 nitrogen and oxygen atoms in total. The van der Waals surface area contributed by atoms with Crippen molar-refractivity contribution >= 4 is 15.7 Å². The molecule has 0 spiro atoms. The molecule has 2 rings (SSSR count). The van der Waals surface area contributed by atoms with Gasteiger partial charge in [0.05, 0.1) is 7.11 Å². The smallest absolute Gasteiger partial charge is 0.265 e. The fourth-order valence-electron chi connectivity index (χ4n) is 3.57. The van der Waals surface area contributed by atoms with Gasteiger partial charge in [-0.05, 0) is 54.0 Å². The average Bonchev–Trinajstić information content (AvgIpc) is 2.54. The van der Waals surface area contributed by atoms with Crippen molar-refractivity contribution < 1.29 is 13.2 Å². The average molecular weight is 390 g/mol. The fourth-order valence-corrected chi connectivity index (χ4v) is 4.82. The van der Waals surface area contributed by atoms with E-state index in [0.29, 0.717) is 11.4 Å². The molecule has 0 radical (unpaired) electrons. The number of nitrogens with one attached hydrogen (secondary N) is 1. The third-order valence-electron chi connectivity index (χ3n) is 4.51. The van der Waals surface area contributed by atoms with Crippen LogP contribution < -0.4 is 9.46 Å². The van der Waals surface area contributed by atoms with Crippen LogP contribution in [0.2, 0.25) is 0 Å². The molecule has 0 saturated carbocycles. The van der Waals surface area contributed by atoms with Crippen LogP contribution in [0, 0.1) is 12.3 Å². The lowest BCUT2D eigenvalue weighted by atomic mass is 9.72. The summed E-state index contributed by atoms with van der Waals surface area (Å²) >= 11 is 0. The molecule has 0 saturated heterocycles. The van der Waals surface area contributed by atoms with Crippen LogP contribution in [0.3, 0.4) is 0 Å². The quantitative estimate of drug-likeness (QED) is 0.708. The molecule has 27 heavy (non-hydrogen) atoms. The Morgan fingerprint density at radius 3 is 2.07 bits per heavy atom. The molecule has 0 aliphatic rings. The van der Waals surface area contributed by atoms with E-state index in [2.05, 4.69) is 39.3 Å². The molecule has 1 N–H and O–H groups in total. The molecule has 0 bridgehead atoms. The topological polar surface area (TPSA) is 55.4 Å². The van der Waals surface area contributed by atoms with Gasteiger partial charge in [-0.25, -0.2) is 8.42 Å². The molecule has 2 aromatic rings. The summed E-state index contributed by atoms with van der Waals surface area (Å²) in [7, 11) is -2.28. The minimum atomic E-state index is -3.77. The van der Waals surface area contributed by atoms with Gasteiger partial charge in [0.2, 0.25) is 0 Å². The summed E-state index contributed by atoms with van der Waals surface area (Å²) in [5.41, 5.74) is 2.53. The standard InChI is InChI=1S/C22H31NO3S/c1-16-8-11-18(12-9-16)23-27(24,25)20-14-17(10-13-19(20)26-7)22(5,6)15-21(2,3)4/h8-14,23H,15H2,1-7H3. The number of anilines is 1. The van der Waals surface area contributed by atoms with Gasteiger partial charge in [0, 0.05) is 5.69 Å². The molecule has 148 valence electrons. The van der Waals surface area contributed by atoms with Crippen LogP contribution >= 0.6 is 0 Å². The highest BCUT2D eigenvalue weighted by Crippen LogP contribution is 2.38. The van der Waals surface area contributed by atoms with Crippen LogP contribution in [0.4, 0.5) is 5.69 Å². The molecular weight excluding hydrogens is 358 g/mol. The van der Waals surface area contributed by atoms with Crippen molar-refractivity contribution in [2.75, 3.05) is 11.8 Å². The molecule has 5 heteroatoms. The highest BCUT2D eigenvalue weighted by atomic mass is 32.2. The lowest BCUT2D eigenvalue weighted by Crippen LogP contribution is -2.25. The number of rotatable bonds is 6. The number of sulfonamides is 1. The van der Waals surface area contributed by atoms with E-state index in [4.69, 9.17) is 4.74 Å². The Morgan fingerprint density at radius 1 is 0.963 bits per heavy atom. The molecule has 0 fully saturated rings. The summed E-state index contributed by atoms with van der Waals surface area (Å²) in [6, 6.07) is 12.7. The Balaban J connectivity index is 2.46. The van der Waals surface area contributed by atoms with Crippen LogP contribution in [-0.2, 0) is 15.4 Å². The molecule has 0 aliphatic carbocycles. The summed E-state index contributed by atoms with van der Waals surface area (Å²) in [5, 5.41) is 0. The van der Waals surface area contributed by atoms with Crippen LogP contribution in [0.15, 0.2) is 47.4 Å². The molecular formula is C22H31NO3S. The van der Waals surface area contributed by atoms with Crippen LogP contribution in [-0.4, -0.2) is 15.5 Å². The maximum Gasteiger partial charge on any atom is 0.265 e. The molecule has 0 unspecified atom stereocenters. The van der Waals surface area contributed by atoms with Crippen molar-refractivity contribution in [1.29, 1.82) is 0 Å². The minimum absolute atomic E-state index is 0.128. The van der Waals surface area contributed by atoms with Crippen LogP contribution in [0.25, 0.3) is 0 Å². The SMILES string of the molecule is COc1ccc(C(C)(C)CC(C)(C)C)cc1S(=O)(=O)Nc1ccc(C)cc1. The number of methoxy groups -OCH3 is 1. The van der Waals surface area contributed by atoms with Crippen LogP contribution in [0.5, 0.6) is 5.75 Å². The Hall–Kier alpha value is -2.01. The first-order valence-corrected chi connectivity index (χ1v) is 10.6. The van der Waals surface area contributed by atoms with Gasteiger partial charge in [0.25, 0.3) is 10.0 Å². The molecule has 0 heterocycles. The van der Waals surface area contributed by atoms with Gasteiger partial charge in [-0.1, -0.05) is 58.4 Å². The van der Waals surface area contributed by atoms with Crippen molar-refractivity contribution in [3.8, 4) is 5.75 Å². The molecule has 0 aromatic heterocycles. The van der Waals surface area contributed by atoms with Gasteiger partial charge < -0.3 is 4.74 Å². The third-order valence-corrected chi connectivity index (χ3v) is 5.91. The predicted octanol–water partition coefficient (Wildman–Crippen LogP) is 5.52. The first kappa shape index (κ1) is 21.3. The number of benzene rings is 2. The second kappa shape index (κ2) is 7.55. The number of hydrogen-bond acceptors (Lipinski definition) is 3. The zero-order chi connectivity index (χ0) is 20.5. The van der Waals surface area contributed by atoms with E-state index in [0.717, 1.165) is 17.5 Å². The first-order valence-electron chi connectivity index (χ1n) is 9.12. The minimum Gasteiger partial charge on any atom is -0.495 e. The predicted molar refractivity (Wildman–Crippen MR) is 112 cm³/mol. The Kier molecular flexibility index (Phi) is 5.95. The van der Waals surface area contributed by atoms with Crippen molar-refractivity contribution in [2.24, 2.45) is 5.41 Å². The number of hydrogen-bond donors (Lipinski definition) is 1. The summed E-state index contributed by atoms with van der Waals surface area (Å²) in [5.74, 6) is 0.338. The van der Waals surface area contributed by atoms with E-state index >= 15 is 0 Å². The zero-order valence-corrected chi connectivity index (χ0v) is 18.2. The maximum absolute atomic E-state index is 13.0. The second-order valence-electron chi connectivity index (χ2n) is 8.96. The largest absolute Gasteiger partial charge is 0.495 e. The van der Waals surface area contributed by atoms with Gasteiger partial charge >= 0.3 is 0 Å². The summed E-state index contributed by atoms with van der Waals surface area (Å²) in [6.45, 7) is 12.8. The Morgan fingerprint density at radius 2 is 1.56 bits per heavy atom. The summed E-state index contributed by atoms with van der Waals surface area (Å²) in [6.07, 6.45) is 0.928. The highest BCUT2D eigenvalue weighted by Gasteiger charge is 2.30. The Bertz CT molecular complexity index is 892. The van der Waals surface area contributed by atoms with Crippen molar-refractivity contribution in [3.63, 3.8) is 0 Å². The lowest BCUT2D eigenvalue weighted by Gasteiger charge is -2.33. The summed E-state index contributed by atoms with van der Waals surface area (Å²) in [4.78, 5) is 0.157. The van der Waals surface area contributed by atoms with Gasteiger partial charge in [-0.2, -0.15) is 0 Å².